The second-order valence-corrected chi connectivity index (χ2v) is 8.90. The van der Waals surface area contributed by atoms with Gasteiger partial charge in [0.15, 0.2) is 17.2 Å². The van der Waals surface area contributed by atoms with Gasteiger partial charge in [-0.2, -0.15) is 13.2 Å². The number of H-pyrrole nitrogens is 1. The van der Waals surface area contributed by atoms with Crippen molar-refractivity contribution < 1.29 is 17.9 Å². The number of nitrogens with one attached hydrogen (secondary N) is 1. The number of alkyl halides is 3. The molecule has 0 radical (unpaired) electrons. The van der Waals surface area contributed by atoms with Crippen LogP contribution in [-0.4, -0.2) is 40.2 Å². The maximum atomic E-state index is 13.0. The van der Waals surface area contributed by atoms with Gasteiger partial charge in [-0.3, -0.25) is 4.57 Å². The van der Waals surface area contributed by atoms with E-state index in [9.17, 15) is 18.0 Å². The number of aryl methyl sites for hydroxylation is 1. The monoisotopic (exact) mass is 523 g/mol. The van der Waals surface area contributed by atoms with Crippen LogP contribution in [0.3, 0.4) is 0 Å². The van der Waals surface area contributed by atoms with Crippen LogP contribution in [0, 0.1) is 0 Å². The molecule has 0 amide bonds. The zero-order valence-corrected chi connectivity index (χ0v) is 20.8. The van der Waals surface area contributed by atoms with Gasteiger partial charge >= 0.3 is 11.9 Å². The van der Waals surface area contributed by atoms with Crippen molar-refractivity contribution in [2.75, 3.05) is 0 Å². The molecule has 1 atom stereocenters. The molecule has 4 aromatic heterocycles. The summed E-state index contributed by atoms with van der Waals surface area (Å²) in [5.74, 6) is 0.962. The number of halogens is 3. The fourth-order valence-electron chi connectivity index (χ4n) is 3.96. The summed E-state index contributed by atoms with van der Waals surface area (Å²) in [6.07, 6.45) is 0.349. The topological polar surface area (TPSA) is 104 Å². The Morgan fingerprint density at radius 2 is 1.87 bits per heavy atom. The largest absolute Gasteiger partial charge is 0.474 e. The molecule has 4 heterocycles. The van der Waals surface area contributed by atoms with Gasteiger partial charge in [-0.05, 0) is 31.0 Å². The van der Waals surface area contributed by atoms with Crippen LogP contribution < -0.4 is 10.4 Å². The number of imidazole rings is 2. The average molecular weight is 524 g/mol. The van der Waals surface area contributed by atoms with Crippen LogP contribution in [0.25, 0.3) is 33.9 Å². The van der Waals surface area contributed by atoms with Crippen LogP contribution in [-0.2, 0) is 19.8 Å². The predicted molar refractivity (Wildman–Crippen MR) is 135 cm³/mol. The summed E-state index contributed by atoms with van der Waals surface area (Å²) < 4.78 is 47.9. The minimum absolute atomic E-state index is 0.0494. The number of fused-ring (bicyclic) bond motifs is 1. The lowest BCUT2D eigenvalue weighted by Crippen LogP contribution is -2.17. The van der Waals surface area contributed by atoms with Crippen LogP contribution in [0.2, 0.25) is 0 Å². The van der Waals surface area contributed by atoms with E-state index in [2.05, 4.69) is 24.9 Å². The number of benzene rings is 1. The van der Waals surface area contributed by atoms with Gasteiger partial charge in [0.2, 0.25) is 5.88 Å². The number of hydrogen-bond donors (Lipinski definition) is 1. The lowest BCUT2D eigenvalue weighted by atomic mass is 10.1. The van der Waals surface area contributed by atoms with Gasteiger partial charge in [0, 0.05) is 25.0 Å². The summed E-state index contributed by atoms with van der Waals surface area (Å²) in [5.41, 5.74) is 1.44. The van der Waals surface area contributed by atoms with Crippen molar-refractivity contribution in [1.82, 2.24) is 34.1 Å². The van der Waals surface area contributed by atoms with E-state index in [0.717, 1.165) is 18.2 Å². The van der Waals surface area contributed by atoms with Crippen molar-refractivity contribution in [3.63, 3.8) is 0 Å². The van der Waals surface area contributed by atoms with Gasteiger partial charge in [0.1, 0.15) is 11.3 Å². The normalized spacial score (nSPS) is 12.7. The van der Waals surface area contributed by atoms with E-state index in [4.69, 9.17) is 4.74 Å². The molecule has 9 nitrogen and oxygen atoms in total. The van der Waals surface area contributed by atoms with E-state index in [1.165, 1.54) is 22.4 Å². The van der Waals surface area contributed by atoms with Gasteiger partial charge in [-0.1, -0.05) is 31.2 Å². The molecule has 0 saturated heterocycles. The first-order chi connectivity index (χ1) is 18.1. The van der Waals surface area contributed by atoms with Crippen molar-refractivity contribution in [1.29, 1.82) is 0 Å². The van der Waals surface area contributed by atoms with Gasteiger partial charge in [-0.25, -0.2) is 24.7 Å². The molecule has 5 aromatic rings. The second kappa shape index (κ2) is 9.77. The minimum atomic E-state index is -4.52. The fourth-order valence-corrected chi connectivity index (χ4v) is 3.96. The molecule has 0 saturated carbocycles. The molecule has 196 valence electrons. The molecule has 5 rings (SSSR count). The maximum absolute atomic E-state index is 13.0. The van der Waals surface area contributed by atoms with Crippen LogP contribution >= 0.6 is 0 Å². The third kappa shape index (κ3) is 4.89. The molecule has 0 spiro atoms. The van der Waals surface area contributed by atoms with Crippen molar-refractivity contribution in [2.45, 2.75) is 39.1 Å². The van der Waals surface area contributed by atoms with E-state index in [1.807, 2.05) is 19.9 Å². The van der Waals surface area contributed by atoms with Gasteiger partial charge in [0.05, 0.1) is 24.4 Å². The van der Waals surface area contributed by atoms with Crippen molar-refractivity contribution in [2.24, 2.45) is 7.05 Å². The smallest absolute Gasteiger partial charge is 0.434 e. The number of ether oxygens (including phenoxy) is 1. The summed E-state index contributed by atoms with van der Waals surface area (Å²) in [5, 5.41) is 0. The highest BCUT2D eigenvalue weighted by molar-refractivity contribution is 5.74. The molecule has 0 bridgehead atoms. The fraction of sp³-hybridized carbons (Fsp3) is 0.269. The quantitative estimate of drug-likeness (QED) is 0.328. The molecule has 0 aliphatic rings. The number of nitrogens with zero attached hydrogens (tertiary/aromatic N) is 6. The van der Waals surface area contributed by atoms with E-state index in [0.29, 0.717) is 34.0 Å². The highest BCUT2D eigenvalue weighted by atomic mass is 19.4. The van der Waals surface area contributed by atoms with Gasteiger partial charge in [0.25, 0.3) is 0 Å². The standard InChI is InChI=1S/C26H24F3N7O2/c1-4-15(2)38-24-18(6-5-11-30-24)21-31-12-19-23(34-21)36(25(37)32-19)13-16-7-9-17(10-8-16)22-33-20(14-35(22)3)26(27,28)29/h5-12,14-15H,4,13H2,1-3H3,(H,32,37). The van der Waals surface area contributed by atoms with Crippen LogP contribution in [0.1, 0.15) is 31.5 Å². The Morgan fingerprint density at radius 3 is 2.55 bits per heavy atom. The summed E-state index contributed by atoms with van der Waals surface area (Å²) in [6, 6.07) is 10.4. The number of pyridine rings is 1. The Kier molecular flexibility index (Phi) is 6.47. The maximum Gasteiger partial charge on any atom is 0.434 e. The molecule has 0 aliphatic heterocycles. The molecule has 38 heavy (non-hydrogen) atoms. The molecule has 0 fully saturated rings. The summed E-state index contributed by atoms with van der Waals surface area (Å²) in [6.45, 7) is 4.14. The van der Waals surface area contributed by atoms with Crippen LogP contribution in [0.15, 0.2) is 59.8 Å². The third-order valence-electron chi connectivity index (χ3n) is 6.13. The zero-order chi connectivity index (χ0) is 27.0. The van der Waals surface area contributed by atoms with E-state index in [-0.39, 0.29) is 24.2 Å². The minimum Gasteiger partial charge on any atom is -0.474 e. The third-order valence-corrected chi connectivity index (χ3v) is 6.13. The Labute approximate surface area is 215 Å². The van der Waals surface area contributed by atoms with Gasteiger partial charge < -0.3 is 14.3 Å². The lowest BCUT2D eigenvalue weighted by Gasteiger charge is -2.14. The van der Waals surface area contributed by atoms with Gasteiger partial charge in [-0.15, -0.1) is 0 Å². The Balaban J connectivity index is 1.46. The van der Waals surface area contributed by atoms with Crippen molar-refractivity contribution in [3.05, 3.63) is 76.7 Å². The number of aromatic nitrogens is 7. The first kappa shape index (κ1) is 25.2. The first-order valence-electron chi connectivity index (χ1n) is 11.9. The Hall–Kier alpha value is -4.48. The molecular formula is C26H24F3N7O2. The second-order valence-electron chi connectivity index (χ2n) is 8.90. The molecule has 1 unspecified atom stereocenters. The Bertz CT molecular complexity index is 1650. The molecule has 0 aliphatic carbocycles. The van der Waals surface area contributed by atoms with Crippen LogP contribution in [0.4, 0.5) is 13.2 Å². The van der Waals surface area contributed by atoms with Crippen molar-refractivity contribution in [3.8, 4) is 28.7 Å². The van der Waals surface area contributed by atoms with E-state index in [1.54, 1.807) is 36.5 Å². The van der Waals surface area contributed by atoms with E-state index < -0.39 is 11.9 Å². The highest BCUT2D eigenvalue weighted by Crippen LogP contribution is 2.31. The SMILES string of the molecule is CCC(C)Oc1ncccc1-c1ncc2[nH]c(=O)n(Cc3ccc(-c4nc(C(F)(F)F)cn4C)cc3)c2n1. The lowest BCUT2D eigenvalue weighted by molar-refractivity contribution is -0.140. The summed E-state index contributed by atoms with van der Waals surface area (Å²) in [7, 11) is 1.51. The summed E-state index contributed by atoms with van der Waals surface area (Å²) in [4.78, 5) is 32.6. The first-order valence-corrected chi connectivity index (χ1v) is 11.9. The summed E-state index contributed by atoms with van der Waals surface area (Å²) >= 11 is 0. The van der Waals surface area contributed by atoms with Crippen LogP contribution in [0.5, 0.6) is 5.88 Å². The van der Waals surface area contributed by atoms with E-state index >= 15 is 0 Å². The molecular weight excluding hydrogens is 499 g/mol. The zero-order valence-electron chi connectivity index (χ0n) is 20.8. The molecule has 1 aromatic carbocycles. The average Bonchev–Trinajstić information content (AvgIpc) is 3.44. The number of rotatable bonds is 7. The number of aromatic amines is 1. The van der Waals surface area contributed by atoms with Crippen molar-refractivity contribution >= 4 is 11.2 Å². The number of hydrogen-bond acceptors (Lipinski definition) is 6. The highest BCUT2D eigenvalue weighted by Gasteiger charge is 2.34. The Morgan fingerprint density at radius 1 is 1.11 bits per heavy atom. The molecule has 12 heteroatoms. The molecule has 1 N–H and O–H groups in total. The predicted octanol–water partition coefficient (Wildman–Crippen LogP) is 4.83.